The van der Waals surface area contributed by atoms with Crippen LogP contribution in [0.25, 0.3) is 0 Å². The van der Waals surface area contributed by atoms with Crippen molar-refractivity contribution in [2.24, 2.45) is 0 Å². The molecular formula is C6H12F2O2. The molecule has 10 heavy (non-hydrogen) atoms. The van der Waals surface area contributed by atoms with Crippen molar-refractivity contribution in [2.45, 2.75) is 19.3 Å². The molecule has 0 fully saturated rings. The molecule has 0 aliphatic carbocycles. The first-order valence-corrected chi connectivity index (χ1v) is 3.19. The molecule has 2 nitrogen and oxygen atoms in total. The number of hydrogen-bond donors (Lipinski definition) is 1. The lowest BCUT2D eigenvalue weighted by Crippen LogP contribution is -2.23. The molecular weight excluding hydrogens is 142 g/mol. The van der Waals surface area contributed by atoms with Crippen LogP contribution in [0.2, 0.25) is 0 Å². The molecule has 0 unspecified atom stereocenters. The molecule has 0 bridgehead atoms. The van der Waals surface area contributed by atoms with Crippen LogP contribution in [0, 0.1) is 0 Å². The third kappa shape index (κ3) is 4.64. The molecule has 0 aliphatic heterocycles. The van der Waals surface area contributed by atoms with Crippen molar-refractivity contribution < 1.29 is 18.6 Å². The first kappa shape index (κ1) is 9.78. The van der Waals surface area contributed by atoms with E-state index >= 15 is 0 Å². The highest BCUT2D eigenvalue weighted by atomic mass is 19.3. The zero-order chi connectivity index (χ0) is 8.04. The lowest BCUT2D eigenvalue weighted by atomic mass is 10.3. The van der Waals surface area contributed by atoms with Crippen molar-refractivity contribution in [1.82, 2.24) is 0 Å². The summed E-state index contributed by atoms with van der Waals surface area (Å²) in [5.41, 5.74) is 0. The fourth-order valence-corrected chi connectivity index (χ4v) is 0.388. The molecule has 0 spiro atoms. The molecule has 4 heteroatoms. The van der Waals surface area contributed by atoms with Crippen LogP contribution in [0.5, 0.6) is 0 Å². The number of aliphatic hydroxyl groups excluding tert-OH is 1. The predicted octanol–water partition coefficient (Wildman–Crippen LogP) is 1.04. The van der Waals surface area contributed by atoms with Gasteiger partial charge in [-0.2, -0.15) is 0 Å². The van der Waals surface area contributed by atoms with Gasteiger partial charge in [0, 0.05) is 6.42 Å². The van der Waals surface area contributed by atoms with E-state index in [4.69, 9.17) is 5.11 Å². The van der Waals surface area contributed by atoms with Crippen molar-refractivity contribution in [1.29, 1.82) is 0 Å². The number of alkyl halides is 2. The second-order valence-electron chi connectivity index (χ2n) is 1.99. The number of halogens is 2. The van der Waals surface area contributed by atoms with E-state index in [1.165, 1.54) is 6.92 Å². The first-order valence-electron chi connectivity index (χ1n) is 3.19. The van der Waals surface area contributed by atoms with E-state index in [-0.39, 0.29) is 19.6 Å². The Morgan fingerprint density at radius 1 is 1.50 bits per heavy atom. The smallest absolute Gasteiger partial charge is 0.270 e. The van der Waals surface area contributed by atoms with Crippen molar-refractivity contribution in [2.75, 3.05) is 19.8 Å². The molecule has 0 amide bonds. The molecule has 0 aliphatic rings. The molecule has 0 rings (SSSR count). The Morgan fingerprint density at radius 3 is 2.50 bits per heavy atom. The van der Waals surface area contributed by atoms with Crippen LogP contribution in [0.15, 0.2) is 0 Å². The van der Waals surface area contributed by atoms with E-state index in [1.807, 2.05) is 0 Å². The van der Waals surface area contributed by atoms with Crippen LogP contribution < -0.4 is 0 Å². The summed E-state index contributed by atoms with van der Waals surface area (Å²) in [6, 6.07) is 0. The van der Waals surface area contributed by atoms with Gasteiger partial charge < -0.3 is 9.84 Å². The van der Waals surface area contributed by atoms with E-state index < -0.39 is 12.5 Å². The molecule has 62 valence electrons. The minimum atomic E-state index is -2.74. The van der Waals surface area contributed by atoms with E-state index in [0.29, 0.717) is 0 Å². The van der Waals surface area contributed by atoms with Crippen LogP contribution in [0.4, 0.5) is 8.78 Å². The van der Waals surface area contributed by atoms with Crippen molar-refractivity contribution in [3.05, 3.63) is 0 Å². The van der Waals surface area contributed by atoms with Gasteiger partial charge in [0.05, 0.1) is 13.2 Å². The quantitative estimate of drug-likeness (QED) is 0.599. The molecule has 1 N–H and O–H groups in total. The standard InChI is InChI=1S/C6H12F2O2/c1-2-6(7,8)5-10-4-3-9/h9H,2-5H2,1H3. The third-order valence-corrected chi connectivity index (χ3v) is 1.07. The SMILES string of the molecule is CCC(F)(F)COCCO. The molecule has 0 aromatic heterocycles. The average Bonchev–Trinajstić information content (AvgIpc) is 1.89. The Labute approximate surface area is 58.8 Å². The fraction of sp³-hybridized carbons (Fsp3) is 1.00. The molecule has 0 saturated carbocycles. The zero-order valence-electron chi connectivity index (χ0n) is 5.94. The van der Waals surface area contributed by atoms with Gasteiger partial charge in [-0.1, -0.05) is 6.92 Å². The topological polar surface area (TPSA) is 29.5 Å². The fourth-order valence-electron chi connectivity index (χ4n) is 0.388. The normalized spacial score (nSPS) is 12.0. The second-order valence-corrected chi connectivity index (χ2v) is 1.99. The Morgan fingerprint density at radius 2 is 2.10 bits per heavy atom. The highest BCUT2D eigenvalue weighted by Crippen LogP contribution is 2.17. The number of hydrogen-bond acceptors (Lipinski definition) is 2. The number of rotatable bonds is 5. The summed E-state index contributed by atoms with van der Waals surface area (Å²) in [5.74, 6) is -2.74. The van der Waals surface area contributed by atoms with Crippen LogP contribution in [-0.2, 0) is 4.74 Å². The highest BCUT2D eigenvalue weighted by Gasteiger charge is 2.25. The lowest BCUT2D eigenvalue weighted by molar-refractivity contribution is -0.0832. The van der Waals surface area contributed by atoms with E-state index in [0.717, 1.165) is 0 Å². The lowest BCUT2D eigenvalue weighted by Gasteiger charge is -2.12. The Balaban J connectivity index is 3.28. The summed E-state index contributed by atoms with van der Waals surface area (Å²) in [6.45, 7) is 0.571. The van der Waals surface area contributed by atoms with Gasteiger partial charge in [0.25, 0.3) is 5.92 Å². The van der Waals surface area contributed by atoms with Crippen LogP contribution >= 0.6 is 0 Å². The van der Waals surface area contributed by atoms with Gasteiger partial charge in [-0.25, -0.2) is 8.78 Å². The maximum atomic E-state index is 12.3. The van der Waals surface area contributed by atoms with Crippen molar-refractivity contribution in [3.63, 3.8) is 0 Å². The summed E-state index contributed by atoms with van der Waals surface area (Å²) in [5, 5.41) is 8.17. The van der Waals surface area contributed by atoms with Gasteiger partial charge in [-0.15, -0.1) is 0 Å². The van der Waals surface area contributed by atoms with Crippen LogP contribution in [-0.4, -0.2) is 30.8 Å². The minimum Gasteiger partial charge on any atom is -0.394 e. The maximum Gasteiger partial charge on any atom is 0.270 e. The largest absolute Gasteiger partial charge is 0.394 e. The average molecular weight is 154 g/mol. The molecule has 0 saturated heterocycles. The monoisotopic (exact) mass is 154 g/mol. The maximum absolute atomic E-state index is 12.3. The van der Waals surface area contributed by atoms with Gasteiger partial charge in [0.15, 0.2) is 0 Å². The van der Waals surface area contributed by atoms with E-state index in [1.54, 1.807) is 0 Å². The number of aliphatic hydroxyl groups is 1. The molecule has 0 aromatic carbocycles. The molecule has 0 atom stereocenters. The molecule has 0 aromatic rings. The van der Waals surface area contributed by atoms with Crippen molar-refractivity contribution in [3.8, 4) is 0 Å². The molecule has 0 heterocycles. The Kier molecular flexibility index (Phi) is 4.47. The van der Waals surface area contributed by atoms with Gasteiger partial charge >= 0.3 is 0 Å². The minimum absolute atomic E-state index is 0.0183. The summed E-state index contributed by atoms with van der Waals surface area (Å²) >= 11 is 0. The number of ether oxygens (including phenoxy) is 1. The van der Waals surface area contributed by atoms with Crippen molar-refractivity contribution >= 4 is 0 Å². The second kappa shape index (κ2) is 4.57. The highest BCUT2D eigenvalue weighted by molar-refractivity contribution is 4.60. The first-order chi connectivity index (χ1) is 4.62. The van der Waals surface area contributed by atoms with Gasteiger partial charge in [-0.3, -0.25) is 0 Å². The van der Waals surface area contributed by atoms with Crippen LogP contribution in [0.3, 0.4) is 0 Å². The molecule has 0 radical (unpaired) electrons. The van der Waals surface area contributed by atoms with E-state index in [9.17, 15) is 8.78 Å². The van der Waals surface area contributed by atoms with Gasteiger partial charge in [0.2, 0.25) is 0 Å². The third-order valence-electron chi connectivity index (χ3n) is 1.07. The van der Waals surface area contributed by atoms with Crippen LogP contribution in [0.1, 0.15) is 13.3 Å². The summed E-state index contributed by atoms with van der Waals surface area (Å²) in [7, 11) is 0. The summed E-state index contributed by atoms with van der Waals surface area (Å²) in [4.78, 5) is 0. The summed E-state index contributed by atoms with van der Waals surface area (Å²) in [6.07, 6.45) is -0.224. The summed E-state index contributed by atoms with van der Waals surface area (Å²) < 4.78 is 29.0. The zero-order valence-corrected chi connectivity index (χ0v) is 5.94. The van der Waals surface area contributed by atoms with E-state index in [2.05, 4.69) is 4.74 Å². The predicted molar refractivity (Wildman–Crippen MR) is 33.1 cm³/mol. The van der Waals surface area contributed by atoms with Gasteiger partial charge in [-0.05, 0) is 0 Å². The Bertz CT molecular complexity index is 85.8. The van der Waals surface area contributed by atoms with Gasteiger partial charge in [0.1, 0.15) is 6.61 Å². The Hall–Kier alpha value is -0.220.